The van der Waals surface area contributed by atoms with Crippen molar-refractivity contribution in [2.24, 2.45) is 0 Å². The Morgan fingerprint density at radius 1 is 1.63 bits per heavy atom. The quantitative estimate of drug-likeness (QED) is 0.655. The maximum absolute atomic E-state index is 10.6. The molecule has 0 amide bonds. The van der Waals surface area contributed by atoms with Gasteiger partial charge in [0, 0.05) is 12.7 Å². The van der Waals surface area contributed by atoms with Crippen molar-refractivity contribution in [1.29, 1.82) is 0 Å². The fourth-order valence-corrected chi connectivity index (χ4v) is 2.50. The van der Waals surface area contributed by atoms with Crippen molar-refractivity contribution in [2.45, 2.75) is 19.9 Å². The summed E-state index contributed by atoms with van der Waals surface area (Å²) in [6, 6.07) is 0. The molecule has 7 nitrogen and oxygen atoms in total. The Labute approximate surface area is 118 Å². The molecule has 0 unspecified atom stereocenters. The standard InChI is InChI=1S/C10H12ClN5O2S/c1-2-3-12-10-13-4-7(19-10)5-15-6-8(11)9(14-15)16(17)18/h4,6H,2-3,5H2,1H3,(H,12,13). The number of hydrogen-bond donors (Lipinski definition) is 1. The zero-order valence-electron chi connectivity index (χ0n) is 10.2. The minimum Gasteiger partial charge on any atom is -0.362 e. The molecule has 0 bridgehead atoms. The SMILES string of the molecule is CCCNc1ncc(Cn2cc(Cl)c([N+](=O)[O-])n2)s1. The molecule has 0 fully saturated rings. The lowest BCUT2D eigenvalue weighted by Crippen LogP contribution is -1.99. The summed E-state index contributed by atoms with van der Waals surface area (Å²) < 4.78 is 1.44. The molecule has 9 heteroatoms. The number of aromatic nitrogens is 3. The summed E-state index contributed by atoms with van der Waals surface area (Å²) in [5, 5.41) is 18.5. The highest BCUT2D eigenvalue weighted by Gasteiger charge is 2.19. The van der Waals surface area contributed by atoms with Crippen LogP contribution in [0.2, 0.25) is 5.02 Å². The van der Waals surface area contributed by atoms with Gasteiger partial charge in [0.1, 0.15) is 0 Å². The lowest BCUT2D eigenvalue weighted by atomic mass is 10.5. The zero-order chi connectivity index (χ0) is 13.8. The van der Waals surface area contributed by atoms with Gasteiger partial charge in [-0.1, -0.05) is 18.5 Å². The number of rotatable bonds is 6. The minimum atomic E-state index is -0.597. The molecule has 0 atom stereocenters. The molecule has 19 heavy (non-hydrogen) atoms. The van der Waals surface area contributed by atoms with Crippen LogP contribution in [-0.4, -0.2) is 26.2 Å². The van der Waals surface area contributed by atoms with E-state index >= 15 is 0 Å². The number of nitrogens with zero attached hydrogens (tertiary/aromatic N) is 4. The van der Waals surface area contributed by atoms with Gasteiger partial charge < -0.3 is 15.4 Å². The number of thiazole rings is 1. The molecule has 0 aliphatic carbocycles. The summed E-state index contributed by atoms with van der Waals surface area (Å²) >= 11 is 7.23. The number of halogens is 1. The number of nitro groups is 1. The van der Waals surface area contributed by atoms with Gasteiger partial charge in [0.05, 0.1) is 22.7 Å². The Morgan fingerprint density at radius 3 is 3.05 bits per heavy atom. The van der Waals surface area contributed by atoms with Gasteiger partial charge in [0.15, 0.2) is 10.2 Å². The minimum absolute atomic E-state index is 0.0406. The van der Waals surface area contributed by atoms with Gasteiger partial charge in [-0.15, -0.1) is 11.3 Å². The number of nitrogens with one attached hydrogen (secondary N) is 1. The molecule has 0 radical (unpaired) electrons. The summed E-state index contributed by atoms with van der Waals surface area (Å²) in [7, 11) is 0. The monoisotopic (exact) mass is 301 g/mol. The third-order valence-corrected chi connectivity index (χ3v) is 3.48. The van der Waals surface area contributed by atoms with Crippen molar-refractivity contribution in [1.82, 2.24) is 14.8 Å². The molecular formula is C10H12ClN5O2S. The van der Waals surface area contributed by atoms with Crippen molar-refractivity contribution >= 4 is 33.9 Å². The molecule has 1 N–H and O–H groups in total. The van der Waals surface area contributed by atoms with Gasteiger partial charge >= 0.3 is 5.82 Å². The largest absolute Gasteiger partial charge is 0.408 e. The normalized spacial score (nSPS) is 10.6. The van der Waals surface area contributed by atoms with Gasteiger partial charge in [-0.3, -0.25) is 0 Å². The van der Waals surface area contributed by atoms with E-state index in [1.807, 2.05) is 0 Å². The first-order valence-corrected chi connectivity index (χ1v) is 6.85. The summed E-state index contributed by atoms with van der Waals surface area (Å²) in [5.41, 5.74) is 0. The van der Waals surface area contributed by atoms with Crippen molar-refractivity contribution in [3.8, 4) is 0 Å². The van der Waals surface area contributed by atoms with Crippen LogP contribution >= 0.6 is 22.9 Å². The molecule has 102 valence electrons. The van der Waals surface area contributed by atoms with Crippen LogP contribution in [0.5, 0.6) is 0 Å². The highest BCUT2D eigenvalue weighted by atomic mass is 35.5. The summed E-state index contributed by atoms with van der Waals surface area (Å²) in [6.07, 6.45) is 4.19. The first kappa shape index (κ1) is 13.8. The van der Waals surface area contributed by atoms with Gasteiger partial charge in [-0.2, -0.15) is 4.68 Å². The molecule has 0 aliphatic rings. The lowest BCUT2D eigenvalue weighted by molar-refractivity contribution is -0.389. The third kappa shape index (κ3) is 3.42. The Bertz CT molecular complexity index is 582. The molecule has 2 aromatic rings. The van der Waals surface area contributed by atoms with Gasteiger partial charge in [-0.25, -0.2) is 4.98 Å². The number of hydrogen-bond acceptors (Lipinski definition) is 6. The maximum Gasteiger partial charge on any atom is 0.408 e. The van der Waals surface area contributed by atoms with E-state index in [1.54, 1.807) is 6.20 Å². The maximum atomic E-state index is 10.6. The van der Waals surface area contributed by atoms with Crippen molar-refractivity contribution < 1.29 is 4.92 Å². The lowest BCUT2D eigenvalue weighted by Gasteiger charge is -1.96. The highest BCUT2D eigenvalue weighted by molar-refractivity contribution is 7.15. The number of anilines is 1. The Morgan fingerprint density at radius 2 is 2.42 bits per heavy atom. The average molecular weight is 302 g/mol. The van der Waals surface area contributed by atoms with E-state index in [4.69, 9.17) is 11.6 Å². The molecule has 2 aromatic heterocycles. The van der Waals surface area contributed by atoms with E-state index in [0.717, 1.165) is 23.0 Å². The van der Waals surface area contributed by atoms with Gasteiger partial charge in [0.2, 0.25) is 0 Å². The second-order valence-corrected chi connectivity index (χ2v) is 5.34. The molecule has 2 rings (SSSR count). The van der Waals surface area contributed by atoms with Crippen LogP contribution in [0.25, 0.3) is 0 Å². The van der Waals surface area contributed by atoms with Crippen LogP contribution < -0.4 is 5.32 Å². The first-order chi connectivity index (χ1) is 9.10. The van der Waals surface area contributed by atoms with E-state index in [-0.39, 0.29) is 10.8 Å². The van der Waals surface area contributed by atoms with Crippen molar-refractivity contribution in [2.75, 3.05) is 11.9 Å². The second-order valence-electron chi connectivity index (χ2n) is 3.81. The van der Waals surface area contributed by atoms with Crippen LogP contribution in [0, 0.1) is 10.1 Å². The van der Waals surface area contributed by atoms with Crippen LogP contribution in [0.3, 0.4) is 0 Å². The fourth-order valence-electron chi connectivity index (χ4n) is 1.45. The molecule has 0 aromatic carbocycles. The smallest absolute Gasteiger partial charge is 0.362 e. The van der Waals surface area contributed by atoms with Crippen LogP contribution in [0.4, 0.5) is 10.9 Å². The van der Waals surface area contributed by atoms with E-state index in [0.29, 0.717) is 6.54 Å². The Kier molecular flexibility index (Phi) is 4.33. The van der Waals surface area contributed by atoms with Gasteiger partial charge in [0.25, 0.3) is 0 Å². The molecular weight excluding hydrogens is 290 g/mol. The van der Waals surface area contributed by atoms with Crippen LogP contribution in [0.1, 0.15) is 18.2 Å². The summed E-state index contributed by atoms with van der Waals surface area (Å²) in [4.78, 5) is 15.2. The molecule has 0 saturated heterocycles. The van der Waals surface area contributed by atoms with Crippen molar-refractivity contribution in [3.05, 3.63) is 32.4 Å². The van der Waals surface area contributed by atoms with Crippen LogP contribution in [0.15, 0.2) is 12.4 Å². The molecule has 0 spiro atoms. The predicted molar refractivity (Wildman–Crippen MR) is 73.9 cm³/mol. The van der Waals surface area contributed by atoms with E-state index in [1.165, 1.54) is 22.2 Å². The molecule has 0 saturated carbocycles. The summed E-state index contributed by atoms with van der Waals surface area (Å²) in [6.45, 7) is 3.36. The Balaban J connectivity index is 2.06. The molecule has 0 aliphatic heterocycles. The van der Waals surface area contributed by atoms with Crippen LogP contribution in [-0.2, 0) is 6.54 Å². The molecule has 2 heterocycles. The average Bonchev–Trinajstić information content (AvgIpc) is 2.94. The first-order valence-electron chi connectivity index (χ1n) is 5.66. The summed E-state index contributed by atoms with van der Waals surface area (Å²) in [5.74, 6) is -0.324. The Hall–Kier alpha value is -1.67. The fraction of sp³-hybridized carbons (Fsp3) is 0.400. The van der Waals surface area contributed by atoms with E-state index in [2.05, 4.69) is 22.3 Å². The van der Waals surface area contributed by atoms with E-state index in [9.17, 15) is 10.1 Å². The zero-order valence-corrected chi connectivity index (χ0v) is 11.7. The predicted octanol–water partition coefficient (Wildman–Crippen LogP) is 2.77. The van der Waals surface area contributed by atoms with E-state index < -0.39 is 4.92 Å². The van der Waals surface area contributed by atoms with Crippen molar-refractivity contribution in [3.63, 3.8) is 0 Å². The third-order valence-electron chi connectivity index (χ3n) is 2.27. The second kappa shape index (κ2) is 5.98. The topological polar surface area (TPSA) is 85.9 Å². The van der Waals surface area contributed by atoms with Gasteiger partial charge in [-0.05, 0) is 11.3 Å². The highest BCUT2D eigenvalue weighted by Crippen LogP contribution is 2.23.